The summed E-state index contributed by atoms with van der Waals surface area (Å²) in [6, 6.07) is 0.264. The van der Waals surface area contributed by atoms with Gasteiger partial charge in [-0.25, -0.2) is 0 Å². The van der Waals surface area contributed by atoms with Gasteiger partial charge in [0.15, 0.2) is 0 Å². The Bertz CT molecular complexity index is 137. The van der Waals surface area contributed by atoms with E-state index in [2.05, 4.69) is 5.32 Å². The van der Waals surface area contributed by atoms with Crippen molar-refractivity contribution in [2.24, 2.45) is 0 Å². The summed E-state index contributed by atoms with van der Waals surface area (Å²) in [7, 11) is 0. The first-order valence-electron chi connectivity index (χ1n) is 2.62. The van der Waals surface area contributed by atoms with Gasteiger partial charge in [-0.15, -0.1) is 0 Å². The number of nitrogens with one attached hydrogen (secondary N) is 1. The first-order chi connectivity index (χ1) is 3.79. The summed E-state index contributed by atoms with van der Waals surface area (Å²) in [6.45, 7) is 1.97. The molecule has 8 heavy (non-hydrogen) atoms. The first-order valence-corrected chi connectivity index (χ1v) is 2.62. The van der Waals surface area contributed by atoms with E-state index in [0.29, 0.717) is 5.76 Å². The van der Waals surface area contributed by atoms with Gasteiger partial charge in [-0.2, -0.15) is 0 Å². The molecule has 1 aliphatic rings. The third-order valence-corrected chi connectivity index (χ3v) is 1.03. The second-order valence-corrected chi connectivity index (χ2v) is 1.88. The summed E-state index contributed by atoms with van der Waals surface area (Å²) in [5, 5.41) is 11.8. The van der Waals surface area contributed by atoms with Crippen molar-refractivity contribution in [2.75, 3.05) is 0 Å². The minimum absolute atomic E-state index is 0.264. The lowest BCUT2D eigenvalue weighted by Crippen LogP contribution is -2.20. The molecule has 1 heterocycles. The second-order valence-electron chi connectivity index (χ2n) is 1.88. The highest BCUT2D eigenvalue weighted by atomic mass is 16.3. The Morgan fingerprint density at radius 1 is 1.75 bits per heavy atom. The van der Waals surface area contributed by atoms with Gasteiger partial charge in [-0.3, -0.25) is 0 Å². The number of hydrogen-bond acceptors (Lipinski definition) is 2. The molecule has 0 aromatic rings. The molecule has 0 saturated heterocycles. The van der Waals surface area contributed by atoms with Crippen molar-refractivity contribution < 1.29 is 5.11 Å². The minimum atomic E-state index is 0.264. The molecule has 0 fully saturated rings. The van der Waals surface area contributed by atoms with E-state index in [9.17, 15) is 0 Å². The second kappa shape index (κ2) is 1.90. The van der Waals surface area contributed by atoms with E-state index in [1.807, 2.05) is 6.92 Å². The maximum atomic E-state index is 8.81. The maximum Gasteiger partial charge on any atom is 0.115 e. The fourth-order valence-corrected chi connectivity index (χ4v) is 0.645. The molecule has 1 unspecified atom stereocenters. The molecule has 2 nitrogen and oxygen atoms in total. The summed E-state index contributed by atoms with van der Waals surface area (Å²) < 4.78 is 0. The zero-order chi connectivity index (χ0) is 5.98. The predicted molar refractivity (Wildman–Crippen MR) is 32.4 cm³/mol. The van der Waals surface area contributed by atoms with Gasteiger partial charge in [0.05, 0.1) is 0 Å². The lowest BCUT2D eigenvalue weighted by molar-refractivity contribution is 0.422. The van der Waals surface area contributed by atoms with Gasteiger partial charge < -0.3 is 10.4 Å². The first kappa shape index (κ1) is 5.22. The highest BCUT2D eigenvalue weighted by molar-refractivity contribution is 5.16. The van der Waals surface area contributed by atoms with Gasteiger partial charge >= 0.3 is 0 Å². The summed E-state index contributed by atoms with van der Waals surface area (Å²) in [5.41, 5.74) is 0. The van der Waals surface area contributed by atoms with Crippen molar-refractivity contribution in [3.63, 3.8) is 0 Å². The SMILES string of the molecule is CC1C=C(O)C=CN1. The van der Waals surface area contributed by atoms with E-state index in [1.165, 1.54) is 0 Å². The van der Waals surface area contributed by atoms with E-state index in [1.54, 1.807) is 18.4 Å². The molecule has 0 aromatic heterocycles. The third-order valence-electron chi connectivity index (χ3n) is 1.03. The average Bonchev–Trinajstić information content (AvgIpc) is 1.64. The number of dihydropyridines is 1. The van der Waals surface area contributed by atoms with Crippen molar-refractivity contribution >= 4 is 0 Å². The van der Waals surface area contributed by atoms with Crippen LogP contribution in [0.5, 0.6) is 0 Å². The molecule has 0 saturated carbocycles. The molecule has 0 aliphatic carbocycles. The average molecular weight is 111 g/mol. The minimum Gasteiger partial charge on any atom is -0.508 e. The zero-order valence-electron chi connectivity index (χ0n) is 4.76. The fraction of sp³-hybridized carbons (Fsp3) is 0.333. The molecule has 0 aromatic carbocycles. The molecular weight excluding hydrogens is 102 g/mol. The van der Waals surface area contributed by atoms with Crippen molar-refractivity contribution in [1.29, 1.82) is 0 Å². The quantitative estimate of drug-likeness (QED) is 0.487. The van der Waals surface area contributed by atoms with Gasteiger partial charge in [0.1, 0.15) is 5.76 Å². The Kier molecular flexibility index (Phi) is 1.24. The maximum absolute atomic E-state index is 8.81. The Morgan fingerprint density at radius 3 is 2.88 bits per heavy atom. The Balaban J connectivity index is 2.63. The topological polar surface area (TPSA) is 32.3 Å². The van der Waals surface area contributed by atoms with Crippen molar-refractivity contribution in [2.45, 2.75) is 13.0 Å². The van der Waals surface area contributed by atoms with Crippen molar-refractivity contribution in [3.05, 3.63) is 24.1 Å². The summed E-state index contributed by atoms with van der Waals surface area (Å²) in [4.78, 5) is 0. The molecule has 2 N–H and O–H groups in total. The predicted octanol–water partition coefficient (Wildman–Crippen LogP) is 0.934. The van der Waals surface area contributed by atoms with Crippen molar-refractivity contribution in [1.82, 2.24) is 5.32 Å². The third kappa shape index (κ3) is 1.03. The highest BCUT2D eigenvalue weighted by Gasteiger charge is 1.98. The standard InChI is InChI=1S/C6H9NO/c1-5-4-6(8)2-3-7-5/h2-5,7-8H,1H3. The molecule has 1 atom stereocenters. The van der Waals surface area contributed by atoms with Gasteiger partial charge in [0, 0.05) is 12.2 Å². The smallest absolute Gasteiger partial charge is 0.115 e. The monoisotopic (exact) mass is 111 g/mol. The number of rotatable bonds is 0. The summed E-state index contributed by atoms with van der Waals surface area (Å²) in [6.07, 6.45) is 5.11. The van der Waals surface area contributed by atoms with Crippen LogP contribution in [0.2, 0.25) is 0 Å². The van der Waals surface area contributed by atoms with Crippen LogP contribution in [0.4, 0.5) is 0 Å². The molecule has 1 aliphatic heterocycles. The Labute approximate surface area is 48.5 Å². The largest absolute Gasteiger partial charge is 0.508 e. The molecule has 2 heteroatoms. The lowest BCUT2D eigenvalue weighted by atomic mass is 10.2. The summed E-state index contributed by atoms with van der Waals surface area (Å²) >= 11 is 0. The van der Waals surface area contributed by atoms with E-state index >= 15 is 0 Å². The van der Waals surface area contributed by atoms with Crippen LogP contribution in [0.1, 0.15) is 6.92 Å². The van der Waals surface area contributed by atoms with Crippen LogP contribution in [0.15, 0.2) is 24.1 Å². The van der Waals surface area contributed by atoms with E-state index in [0.717, 1.165) is 0 Å². The van der Waals surface area contributed by atoms with E-state index in [-0.39, 0.29) is 6.04 Å². The fourth-order valence-electron chi connectivity index (χ4n) is 0.645. The molecule has 0 spiro atoms. The number of aliphatic hydroxyl groups is 1. The normalized spacial score (nSPS) is 26.6. The lowest BCUT2D eigenvalue weighted by Gasteiger charge is -2.09. The van der Waals surface area contributed by atoms with Crippen LogP contribution in [-0.4, -0.2) is 11.1 Å². The van der Waals surface area contributed by atoms with E-state index < -0.39 is 0 Å². The Hall–Kier alpha value is -0.920. The van der Waals surface area contributed by atoms with Crippen LogP contribution in [0, 0.1) is 0 Å². The molecule has 1 rings (SSSR count). The van der Waals surface area contributed by atoms with Gasteiger partial charge in [0.25, 0.3) is 0 Å². The van der Waals surface area contributed by atoms with Gasteiger partial charge in [-0.1, -0.05) is 0 Å². The van der Waals surface area contributed by atoms with Crippen LogP contribution in [-0.2, 0) is 0 Å². The van der Waals surface area contributed by atoms with Crippen LogP contribution < -0.4 is 5.32 Å². The molecule has 0 radical (unpaired) electrons. The van der Waals surface area contributed by atoms with Gasteiger partial charge in [-0.05, 0) is 19.1 Å². The molecule has 0 bridgehead atoms. The zero-order valence-corrected chi connectivity index (χ0v) is 4.76. The van der Waals surface area contributed by atoms with Crippen LogP contribution in [0.3, 0.4) is 0 Å². The van der Waals surface area contributed by atoms with Crippen LogP contribution in [0.25, 0.3) is 0 Å². The van der Waals surface area contributed by atoms with E-state index in [4.69, 9.17) is 5.11 Å². The number of aliphatic hydroxyl groups excluding tert-OH is 1. The Morgan fingerprint density at radius 2 is 2.50 bits per heavy atom. The summed E-state index contributed by atoms with van der Waals surface area (Å²) in [5.74, 6) is 0.344. The number of hydrogen-bond donors (Lipinski definition) is 2. The molecular formula is C6H9NO. The van der Waals surface area contributed by atoms with Crippen LogP contribution >= 0.6 is 0 Å². The van der Waals surface area contributed by atoms with Crippen molar-refractivity contribution in [3.8, 4) is 0 Å². The number of allylic oxidation sites excluding steroid dienone is 1. The molecule has 44 valence electrons. The highest BCUT2D eigenvalue weighted by Crippen LogP contribution is 1.98. The van der Waals surface area contributed by atoms with Gasteiger partial charge in [0.2, 0.25) is 0 Å². The molecule has 0 amide bonds.